The van der Waals surface area contributed by atoms with Crippen molar-refractivity contribution in [1.82, 2.24) is 14.0 Å². The van der Waals surface area contributed by atoms with Gasteiger partial charge in [-0.2, -0.15) is 6.07 Å². The largest absolute Gasteiger partial charge is 0.503 e. The number of hydrogen-bond acceptors (Lipinski definition) is 2. The minimum absolute atomic E-state index is 0. The number of para-hydroxylation sites is 4. The van der Waals surface area contributed by atoms with Gasteiger partial charge in [0.05, 0.1) is 22.4 Å². The van der Waals surface area contributed by atoms with Crippen LogP contribution in [0, 0.1) is 18.5 Å². The van der Waals surface area contributed by atoms with Crippen molar-refractivity contribution in [2.24, 2.45) is 0 Å². The third-order valence-electron chi connectivity index (χ3n) is 13.6. The van der Waals surface area contributed by atoms with Crippen LogP contribution >= 0.6 is 0 Å². The van der Waals surface area contributed by atoms with Crippen molar-refractivity contribution >= 4 is 38.4 Å². The summed E-state index contributed by atoms with van der Waals surface area (Å²) in [6.07, 6.45) is 5.77. The molecule has 0 aliphatic carbocycles. The summed E-state index contributed by atoms with van der Waals surface area (Å²) in [6.45, 7) is 23.2. The first kappa shape index (κ1) is 40.9. The number of fused-ring (bicyclic) bond motifs is 4. The summed E-state index contributed by atoms with van der Waals surface area (Å²) in [5.74, 6) is 2.25. The van der Waals surface area contributed by atoms with E-state index in [1.165, 1.54) is 44.4 Å². The Labute approximate surface area is 374 Å². The molecule has 3 aromatic heterocycles. The first-order valence-electron chi connectivity index (χ1n) is 21.5. The summed E-state index contributed by atoms with van der Waals surface area (Å²) in [5, 5.41) is 3.26. The van der Waals surface area contributed by atoms with Crippen LogP contribution in [0.5, 0.6) is 11.5 Å². The normalized spacial score (nSPS) is 14.3. The number of imidazole rings is 2. The number of ether oxygens (including phenoxy) is 1. The van der Waals surface area contributed by atoms with Gasteiger partial charge in [-0.25, -0.2) is 0 Å². The summed E-state index contributed by atoms with van der Waals surface area (Å²) in [7, 11) is 0. The van der Waals surface area contributed by atoms with Crippen LogP contribution in [-0.4, -0.2) is 14.0 Å². The topological polar surface area (TPSA) is 35.3 Å². The zero-order valence-electron chi connectivity index (χ0n) is 36.7. The molecule has 0 unspecified atom stereocenters. The van der Waals surface area contributed by atoms with Gasteiger partial charge >= 0.3 is 0 Å². The van der Waals surface area contributed by atoms with E-state index in [2.05, 4.69) is 204 Å². The first-order chi connectivity index (χ1) is 28.7. The molecule has 61 heavy (non-hydrogen) atoms. The molecule has 0 spiro atoms. The Balaban J connectivity index is 0.00000476. The second-order valence-electron chi connectivity index (χ2n) is 18.7. The summed E-state index contributed by atoms with van der Waals surface area (Å²) in [6, 6.07) is 46.5. The molecule has 10 rings (SSSR count). The third kappa shape index (κ3) is 6.29. The molecule has 0 radical (unpaired) electrons. The molecule has 6 aromatic carbocycles. The maximum atomic E-state index is 6.97. The van der Waals surface area contributed by atoms with Crippen molar-refractivity contribution in [3.05, 3.63) is 162 Å². The van der Waals surface area contributed by atoms with Crippen LogP contribution in [0.15, 0.2) is 115 Å². The summed E-state index contributed by atoms with van der Waals surface area (Å²) >= 11 is 0. The number of aromatic nitrogens is 4. The predicted octanol–water partition coefficient (Wildman–Crippen LogP) is 13.7. The molecule has 5 nitrogen and oxygen atoms in total. The molecular weight excluding hydrogens is 928 g/mol. The van der Waals surface area contributed by atoms with Gasteiger partial charge < -0.3 is 13.7 Å². The van der Waals surface area contributed by atoms with Gasteiger partial charge in [0, 0.05) is 60.8 Å². The fourth-order valence-corrected chi connectivity index (χ4v) is 9.56. The Morgan fingerprint density at radius 1 is 0.672 bits per heavy atom. The Morgan fingerprint density at radius 2 is 1.38 bits per heavy atom. The summed E-state index contributed by atoms with van der Waals surface area (Å²) in [4.78, 5) is 5.10. The van der Waals surface area contributed by atoms with Crippen LogP contribution in [0.3, 0.4) is 0 Å². The Morgan fingerprint density at radius 3 is 2.08 bits per heavy atom. The molecule has 0 saturated carbocycles. The van der Waals surface area contributed by atoms with Crippen LogP contribution in [0.4, 0.5) is 0 Å². The number of pyridine rings is 1. The number of rotatable bonds is 8. The Hall–Kier alpha value is -5.51. The van der Waals surface area contributed by atoms with Crippen molar-refractivity contribution in [3.63, 3.8) is 0 Å². The van der Waals surface area contributed by atoms with E-state index >= 15 is 0 Å². The maximum absolute atomic E-state index is 6.97. The molecular formula is C55H52N4OPt-2. The van der Waals surface area contributed by atoms with Crippen LogP contribution in [0.2, 0.25) is 0 Å². The average molecular weight is 980 g/mol. The van der Waals surface area contributed by atoms with Gasteiger partial charge in [0.2, 0.25) is 0 Å². The molecule has 1 aliphatic heterocycles. The van der Waals surface area contributed by atoms with Gasteiger partial charge in [-0.1, -0.05) is 159 Å². The Bertz CT molecular complexity index is 3140. The van der Waals surface area contributed by atoms with Crippen molar-refractivity contribution in [1.29, 1.82) is 0 Å². The summed E-state index contributed by atoms with van der Waals surface area (Å²) < 4.78 is 13.6. The van der Waals surface area contributed by atoms with E-state index < -0.39 is 0 Å². The molecule has 1 aliphatic rings. The predicted molar refractivity (Wildman–Crippen MR) is 245 cm³/mol. The van der Waals surface area contributed by atoms with Crippen molar-refractivity contribution in [2.75, 3.05) is 0 Å². The van der Waals surface area contributed by atoms with Crippen molar-refractivity contribution < 1.29 is 30.4 Å². The minimum Gasteiger partial charge on any atom is -0.503 e. The van der Waals surface area contributed by atoms with E-state index in [9.17, 15) is 0 Å². The molecule has 310 valence electrons. The van der Waals surface area contributed by atoms with Crippen molar-refractivity contribution in [3.8, 4) is 34.0 Å². The van der Waals surface area contributed by atoms with Gasteiger partial charge in [-0.05, 0) is 68.8 Å². The zero-order chi connectivity index (χ0) is 41.8. The van der Waals surface area contributed by atoms with E-state index in [0.29, 0.717) is 29.3 Å². The van der Waals surface area contributed by atoms with Crippen LogP contribution in [0.25, 0.3) is 60.9 Å². The van der Waals surface area contributed by atoms with E-state index in [4.69, 9.17) is 9.72 Å². The van der Waals surface area contributed by atoms with Gasteiger partial charge in [-0.15, -0.1) is 29.8 Å². The van der Waals surface area contributed by atoms with Gasteiger partial charge in [-0.3, -0.25) is 9.55 Å². The smallest absolute Gasteiger partial charge is 0.268 e. The first-order valence-corrected chi connectivity index (χ1v) is 21.5. The summed E-state index contributed by atoms with van der Waals surface area (Å²) in [5.41, 5.74) is 14.8. The van der Waals surface area contributed by atoms with Gasteiger partial charge in [0.1, 0.15) is 0 Å². The number of nitrogens with zero attached hydrogens (tertiary/aromatic N) is 4. The second-order valence-corrected chi connectivity index (χ2v) is 18.7. The van der Waals surface area contributed by atoms with E-state index in [1.54, 1.807) is 0 Å². The molecule has 0 bridgehead atoms. The van der Waals surface area contributed by atoms with E-state index in [0.717, 1.165) is 44.4 Å². The van der Waals surface area contributed by atoms with Crippen LogP contribution in [-0.2, 0) is 31.9 Å². The van der Waals surface area contributed by atoms with Gasteiger partial charge in [0.15, 0.2) is 0 Å². The standard InChI is InChI=1S/C55H52N4O.Pt/c1-33(2)36-27-44(34(3)4)51(45(28-36)35(5)6)37-25-39(58-32-57(38-17-12-11-13-18-38)48-21-14-15-22-49(48)58)29-41(26-37)60-40-23-24-42-43-19-16-20-47-52(43)59-50(55(9,10)54(47,7)8)31-56-53(59)46(42)30-40;/h11-28,31,33-35H,1-10H3;/q-2;. The SMILES string of the molecule is CC(C)c1cc(C(C)C)c(-c2cc(Oc3[c-]c4c(cc3)c3cccc5c3n3c(cnc43)C(C)(C)C5(C)C)[c-]c(-n3[c-][n+](-c4ccccc4)c4ccccc43)c2)c(C(C)C)c1.[Pt]. The molecule has 9 aromatic rings. The zero-order valence-corrected chi connectivity index (χ0v) is 39.0. The quantitative estimate of drug-likeness (QED) is 0.0864. The maximum Gasteiger partial charge on any atom is 0.268 e. The second kappa shape index (κ2) is 14.8. The van der Waals surface area contributed by atoms with Crippen LogP contribution in [0.1, 0.15) is 115 Å². The molecule has 6 heteroatoms. The molecule has 4 heterocycles. The van der Waals surface area contributed by atoms with E-state index in [-0.39, 0.29) is 31.9 Å². The number of hydrogen-bond donors (Lipinski definition) is 0. The fourth-order valence-electron chi connectivity index (χ4n) is 9.56. The van der Waals surface area contributed by atoms with Gasteiger partial charge in [0.25, 0.3) is 6.33 Å². The number of benzene rings is 6. The molecule has 0 atom stereocenters. The third-order valence-corrected chi connectivity index (χ3v) is 13.6. The molecule has 0 N–H and O–H groups in total. The fraction of sp³-hybridized carbons (Fsp3) is 0.273. The molecule has 0 amide bonds. The molecule has 0 saturated heterocycles. The average Bonchev–Trinajstić information content (AvgIpc) is 3.87. The van der Waals surface area contributed by atoms with E-state index in [1.807, 2.05) is 12.1 Å². The monoisotopic (exact) mass is 979 g/mol. The van der Waals surface area contributed by atoms with Crippen LogP contribution < -0.4 is 9.30 Å². The minimum atomic E-state index is -0.142. The molecule has 0 fully saturated rings. The van der Waals surface area contributed by atoms with Crippen molar-refractivity contribution in [2.45, 2.75) is 97.8 Å². The Kier molecular flexibility index (Phi) is 9.94.